The molecule has 3 heteroatoms. The lowest BCUT2D eigenvalue weighted by Gasteiger charge is -2.29. The smallest absolute Gasteiger partial charge is 0.223 e. The van der Waals surface area contributed by atoms with Crippen LogP contribution in [0.2, 0.25) is 0 Å². The number of rotatable bonds is 5. The molecule has 0 bridgehead atoms. The summed E-state index contributed by atoms with van der Waals surface area (Å²) < 4.78 is 0. The molecule has 0 aromatic carbocycles. The van der Waals surface area contributed by atoms with Crippen molar-refractivity contribution >= 4 is 21.8 Å². The summed E-state index contributed by atoms with van der Waals surface area (Å²) in [5, 5.41) is 4.13. The molecule has 0 aliphatic heterocycles. The highest BCUT2D eigenvalue weighted by molar-refractivity contribution is 9.09. The molecule has 1 fully saturated rings. The first-order valence-electron chi connectivity index (χ1n) is 6.01. The lowest BCUT2D eigenvalue weighted by Crippen LogP contribution is -2.49. The Morgan fingerprint density at radius 2 is 2.07 bits per heavy atom. The van der Waals surface area contributed by atoms with Crippen molar-refractivity contribution in [3.63, 3.8) is 0 Å². The molecule has 1 N–H and O–H groups in total. The van der Waals surface area contributed by atoms with Crippen molar-refractivity contribution in [2.24, 2.45) is 5.92 Å². The van der Waals surface area contributed by atoms with Gasteiger partial charge >= 0.3 is 0 Å². The maximum Gasteiger partial charge on any atom is 0.223 e. The number of hydrogen-bond acceptors (Lipinski definition) is 1. The van der Waals surface area contributed by atoms with Gasteiger partial charge in [-0.25, -0.2) is 0 Å². The van der Waals surface area contributed by atoms with E-state index in [-0.39, 0.29) is 17.4 Å². The molecule has 1 aliphatic carbocycles. The molecule has 0 saturated heterocycles. The number of amides is 1. The molecule has 88 valence electrons. The van der Waals surface area contributed by atoms with Gasteiger partial charge in [0.25, 0.3) is 0 Å². The standard InChI is InChI=1S/C12H22BrNO/c1-3-6-10(2)11(15)14-12(9-13)7-4-5-8-12/h10H,3-9H2,1-2H3,(H,14,15). The second-order valence-electron chi connectivity index (χ2n) is 4.80. The summed E-state index contributed by atoms with van der Waals surface area (Å²) in [5.41, 5.74) is 0.0546. The van der Waals surface area contributed by atoms with Crippen molar-refractivity contribution in [3.05, 3.63) is 0 Å². The van der Waals surface area contributed by atoms with Crippen molar-refractivity contribution < 1.29 is 4.79 Å². The van der Waals surface area contributed by atoms with Gasteiger partial charge in [-0.05, 0) is 19.3 Å². The third-order valence-electron chi connectivity index (χ3n) is 3.37. The highest BCUT2D eigenvalue weighted by atomic mass is 79.9. The lowest BCUT2D eigenvalue weighted by atomic mass is 9.98. The second kappa shape index (κ2) is 5.88. The zero-order valence-corrected chi connectivity index (χ0v) is 11.4. The zero-order chi connectivity index (χ0) is 11.3. The Bertz CT molecular complexity index is 212. The van der Waals surface area contributed by atoms with E-state index in [1.54, 1.807) is 0 Å². The molecule has 0 radical (unpaired) electrons. The van der Waals surface area contributed by atoms with Crippen LogP contribution in [0.1, 0.15) is 52.4 Å². The first kappa shape index (κ1) is 13.0. The number of nitrogens with one attached hydrogen (secondary N) is 1. The van der Waals surface area contributed by atoms with Crippen molar-refractivity contribution in [2.45, 2.75) is 57.9 Å². The number of alkyl halides is 1. The summed E-state index contributed by atoms with van der Waals surface area (Å²) in [6, 6.07) is 0. The summed E-state index contributed by atoms with van der Waals surface area (Å²) in [4.78, 5) is 11.9. The average molecular weight is 276 g/mol. The highest BCUT2D eigenvalue weighted by Crippen LogP contribution is 2.31. The number of halogens is 1. The van der Waals surface area contributed by atoms with Crippen LogP contribution in [0.5, 0.6) is 0 Å². The van der Waals surface area contributed by atoms with Crippen LogP contribution in [0.3, 0.4) is 0 Å². The van der Waals surface area contributed by atoms with Crippen molar-refractivity contribution in [1.82, 2.24) is 5.32 Å². The van der Waals surface area contributed by atoms with Crippen LogP contribution in [0, 0.1) is 5.92 Å². The van der Waals surface area contributed by atoms with Crippen LogP contribution in [-0.4, -0.2) is 16.8 Å². The van der Waals surface area contributed by atoms with Crippen molar-refractivity contribution in [1.29, 1.82) is 0 Å². The monoisotopic (exact) mass is 275 g/mol. The minimum absolute atomic E-state index is 0.0546. The third-order valence-corrected chi connectivity index (χ3v) is 4.45. The molecule has 0 heterocycles. The van der Waals surface area contributed by atoms with Gasteiger partial charge in [-0.3, -0.25) is 4.79 Å². The Morgan fingerprint density at radius 1 is 1.47 bits per heavy atom. The summed E-state index contributed by atoms with van der Waals surface area (Å²) >= 11 is 3.54. The quantitative estimate of drug-likeness (QED) is 0.767. The van der Waals surface area contributed by atoms with E-state index in [0.717, 1.165) is 31.0 Å². The van der Waals surface area contributed by atoms with Crippen molar-refractivity contribution in [2.75, 3.05) is 5.33 Å². The predicted octanol–water partition coefficient (Wildman–Crippen LogP) is 3.25. The maximum absolute atomic E-state index is 11.9. The normalized spacial score (nSPS) is 21.3. The molecule has 1 saturated carbocycles. The van der Waals surface area contributed by atoms with E-state index in [2.05, 4.69) is 28.2 Å². The fourth-order valence-electron chi connectivity index (χ4n) is 2.29. The van der Waals surface area contributed by atoms with Gasteiger partial charge in [0.15, 0.2) is 0 Å². The van der Waals surface area contributed by atoms with Gasteiger partial charge in [-0.15, -0.1) is 0 Å². The van der Waals surface area contributed by atoms with Crippen LogP contribution < -0.4 is 5.32 Å². The van der Waals surface area contributed by atoms with Crippen LogP contribution in [0.4, 0.5) is 0 Å². The Kier molecular flexibility index (Phi) is 5.10. The van der Waals surface area contributed by atoms with E-state index in [1.807, 2.05) is 6.92 Å². The van der Waals surface area contributed by atoms with Gasteiger partial charge in [0.1, 0.15) is 0 Å². The largest absolute Gasteiger partial charge is 0.350 e. The van der Waals surface area contributed by atoms with E-state index < -0.39 is 0 Å². The number of carbonyl (C=O) groups excluding carboxylic acids is 1. The molecule has 0 aromatic rings. The van der Waals surface area contributed by atoms with Gasteiger partial charge in [0.05, 0.1) is 0 Å². The highest BCUT2D eigenvalue weighted by Gasteiger charge is 2.34. The molecule has 2 nitrogen and oxygen atoms in total. The van der Waals surface area contributed by atoms with Gasteiger partial charge in [-0.2, -0.15) is 0 Å². The number of hydrogen-bond donors (Lipinski definition) is 1. The van der Waals surface area contributed by atoms with E-state index >= 15 is 0 Å². The topological polar surface area (TPSA) is 29.1 Å². The summed E-state index contributed by atoms with van der Waals surface area (Å²) in [5.74, 6) is 0.393. The molecule has 1 unspecified atom stereocenters. The Labute approximate surface area is 101 Å². The van der Waals surface area contributed by atoms with E-state index in [1.165, 1.54) is 12.8 Å². The summed E-state index contributed by atoms with van der Waals surface area (Å²) in [6.07, 6.45) is 6.81. The van der Waals surface area contributed by atoms with Crippen LogP contribution in [0.15, 0.2) is 0 Å². The van der Waals surface area contributed by atoms with Crippen molar-refractivity contribution in [3.8, 4) is 0 Å². The molecule has 1 rings (SSSR count). The molecule has 0 aromatic heterocycles. The Hall–Kier alpha value is -0.0500. The van der Waals surface area contributed by atoms with E-state index in [4.69, 9.17) is 0 Å². The first-order valence-corrected chi connectivity index (χ1v) is 7.13. The second-order valence-corrected chi connectivity index (χ2v) is 5.36. The fourth-order valence-corrected chi connectivity index (χ4v) is 2.99. The minimum Gasteiger partial charge on any atom is -0.350 e. The minimum atomic E-state index is 0.0546. The lowest BCUT2D eigenvalue weighted by molar-refractivity contribution is -0.126. The van der Waals surface area contributed by atoms with Crippen LogP contribution in [0.25, 0.3) is 0 Å². The van der Waals surface area contributed by atoms with Gasteiger partial charge in [0, 0.05) is 16.8 Å². The summed E-state index contributed by atoms with van der Waals surface area (Å²) in [6.45, 7) is 4.15. The van der Waals surface area contributed by atoms with Gasteiger partial charge in [-0.1, -0.05) is 49.0 Å². The third kappa shape index (κ3) is 3.47. The molecule has 1 amide bonds. The van der Waals surface area contributed by atoms with Gasteiger partial charge in [0.2, 0.25) is 5.91 Å². The molecule has 1 aliphatic rings. The zero-order valence-electron chi connectivity index (χ0n) is 9.81. The maximum atomic E-state index is 11.9. The predicted molar refractivity (Wildman–Crippen MR) is 67.2 cm³/mol. The van der Waals surface area contributed by atoms with E-state index in [9.17, 15) is 4.79 Å². The SMILES string of the molecule is CCCC(C)C(=O)NC1(CBr)CCCC1. The molecular formula is C12H22BrNO. The van der Waals surface area contributed by atoms with Gasteiger partial charge < -0.3 is 5.32 Å². The fraction of sp³-hybridized carbons (Fsp3) is 0.917. The Morgan fingerprint density at radius 3 is 2.53 bits per heavy atom. The average Bonchev–Trinajstić information content (AvgIpc) is 2.67. The van der Waals surface area contributed by atoms with E-state index in [0.29, 0.717) is 0 Å². The first-order chi connectivity index (χ1) is 7.13. The molecule has 1 atom stereocenters. The number of carbonyl (C=O) groups is 1. The Balaban J connectivity index is 2.48. The molecule has 0 spiro atoms. The molecular weight excluding hydrogens is 254 g/mol. The summed E-state index contributed by atoms with van der Waals surface area (Å²) in [7, 11) is 0. The molecule has 15 heavy (non-hydrogen) atoms. The van der Waals surface area contributed by atoms with Crippen LogP contribution in [-0.2, 0) is 4.79 Å². The van der Waals surface area contributed by atoms with Crippen LogP contribution >= 0.6 is 15.9 Å².